The summed E-state index contributed by atoms with van der Waals surface area (Å²) in [7, 11) is 0. The fourth-order valence-electron chi connectivity index (χ4n) is 1.63. The second-order valence-corrected chi connectivity index (χ2v) is 4.45. The van der Waals surface area contributed by atoms with Gasteiger partial charge in [0.25, 0.3) is 11.8 Å². The topological polar surface area (TPSA) is 99.2 Å². The summed E-state index contributed by atoms with van der Waals surface area (Å²) in [6, 6.07) is 0. The molecule has 21 heavy (non-hydrogen) atoms. The lowest BCUT2D eigenvalue weighted by atomic mass is 10.2. The van der Waals surface area contributed by atoms with Gasteiger partial charge in [0.2, 0.25) is 0 Å². The zero-order valence-electron chi connectivity index (χ0n) is 12.0. The zero-order valence-corrected chi connectivity index (χ0v) is 12.0. The molecule has 8 heteroatoms. The monoisotopic (exact) mass is 301 g/mol. The van der Waals surface area contributed by atoms with E-state index in [2.05, 4.69) is 9.57 Å². The van der Waals surface area contributed by atoms with E-state index in [4.69, 9.17) is 4.74 Å². The number of rotatable bonds is 8. The van der Waals surface area contributed by atoms with Crippen LogP contribution in [-0.2, 0) is 28.7 Å². The van der Waals surface area contributed by atoms with Crippen molar-refractivity contribution in [3.63, 3.8) is 0 Å². The van der Waals surface area contributed by atoms with Gasteiger partial charge in [-0.3, -0.25) is 19.2 Å². The number of hydroxylamine groups is 2. The smallest absolute Gasteiger partial charge is 0.462 e. The second-order valence-electron chi connectivity index (χ2n) is 4.45. The van der Waals surface area contributed by atoms with E-state index in [-0.39, 0.29) is 32.0 Å². The van der Waals surface area contributed by atoms with Crippen LogP contribution in [-0.4, -0.2) is 42.2 Å². The maximum Gasteiger partial charge on any atom is 0.534 e. The van der Waals surface area contributed by atoms with Crippen LogP contribution in [0.15, 0.2) is 0 Å². The van der Waals surface area contributed by atoms with Gasteiger partial charge >= 0.3 is 12.1 Å². The molecule has 0 atom stereocenters. The fourth-order valence-corrected chi connectivity index (χ4v) is 1.63. The van der Waals surface area contributed by atoms with Crippen LogP contribution in [0.4, 0.5) is 4.79 Å². The number of carbonyl (C=O) groups is 4. The lowest BCUT2D eigenvalue weighted by molar-refractivity contribution is -0.177. The number of imide groups is 1. The van der Waals surface area contributed by atoms with Crippen molar-refractivity contribution in [1.29, 1.82) is 0 Å². The SMILES string of the molecule is CCCCCC(=O)OCCOC(=O)ON1C(=O)CCC1=O. The Balaban J connectivity index is 2.09. The number of hydrogen-bond acceptors (Lipinski definition) is 7. The summed E-state index contributed by atoms with van der Waals surface area (Å²) in [4.78, 5) is 49.2. The van der Waals surface area contributed by atoms with Crippen LogP contribution in [0.1, 0.15) is 45.4 Å². The maximum absolute atomic E-state index is 11.2. The van der Waals surface area contributed by atoms with Crippen LogP contribution in [0.2, 0.25) is 0 Å². The first-order valence-corrected chi connectivity index (χ1v) is 6.90. The molecule has 118 valence electrons. The lowest BCUT2D eigenvalue weighted by Crippen LogP contribution is -2.32. The summed E-state index contributed by atoms with van der Waals surface area (Å²) >= 11 is 0. The van der Waals surface area contributed by atoms with Gasteiger partial charge in [-0.1, -0.05) is 24.8 Å². The highest BCUT2D eigenvalue weighted by Gasteiger charge is 2.33. The normalized spacial score (nSPS) is 14.2. The van der Waals surface area contributed by atoms with E-state index in [1.807, 2.05) is 6.92 Å². The van der Waals surface area contributed by atoms with Crippen molar-refractivity contribution in [3.8, 4) is 0 Å². The van der Waals surface area contributed by atoms with Gasteiger partial charge in [0.15, 0.2) is 0 Å². The molecular weight excluding hydrogens is 282 g/mol. The van der Waals surface area contributed by atoms with Gasteiger partial charge in [0.1, 0.15) is 13.2 Å². The van der Waals surface area contributed by atoms with Crippen molar-refractivity contribution in [3.05, 3.63) is 0 Å². The van der Waals surface area contributed by atoms with Crippen molar-refractivity contribution >= 4 is 23.9 Å². The predicted molar refractivity (Wildman–Crippen MR) is 68.6 cm³/mol. The van der Waals surface area contributed by atoms with Crippen LogP contribution >= 0.6 is 0 Å². The third kappa shape index (κ3) is 6.24. The molecule has 0 radical (unpaired) electrons. The highest BCUT2D eigenvalue weighted by atomic mass is 16.8. The van der Waals surface area contributed by atoms with Crippen molar-refractivity contribution in [1.82, 2.24) is 5.06 Å². The highest BCUT2D eigenvalue weighted by Crippen LogP contribution is 2.12. The molecule has 1 saturated heterocycles. The average molecular weight is 301 g/mol. The van der Waals surface area contributed by atoms with Gasteiger partial charge in [-0.15, -0.1) is 0 Å². The Bertz CT molecular complexity index is 391. The largest absolute Gasteiger partial charge is 0.534 e. The van der Waals surface area contributed by atoms with Crippen LogP contribution in [0, 0.1) is 0 Å². The van der Waals surface area contributed by atoms with Crippen molar-refractivity contribution < 1.29 is 33.5 Å². The van der Waals surface area contributed by atoms with Crippen molar-refractivity contribution in [2.75, 3.05) is 13.2 Å². The molecule has 0 spiro atoms. The molecule has 0 aromatic heterocycles. The molecule has 1 fully saturated rings. The molecule has 1 heterocycles. The van der Waals surface area contributed by atoms with Gasteiger partial charge in [-0.25, -0.2) is 4.79 Å². The molecule has 2 amide bonds. The number of nitrogens with zero attached hydrogens (tertiary/aromatic N) is 1. The molecular formula is C13H19NO7. The van der Waals surface area contributed by atoms with Crippen LogP contribution < -0.4 is 0 Å². The van der Waals surface area contributed by atoms with Gasteiger partial charge < -0.3 is 9.47 Å². The first-order valence-electron chi connectivity index (χ1n) is 6.90. The molecule has 0 aliphatic carbocycles. The third-order valence-electron chi connectivity index (χ3n) is 2.72. The predicted octanol–water partition coefficient (Wildman–Crippen LogP) is 1.33. The number of ether oxygens (including phenoxy) is 2. The number of esters is 1. The van der Waals surface area contributed by atoms with Gasteiger partial charge in [-0.05, 0) is 6.42 Å². The summed E-state index contributed by atoms with van der Waals surface area (Å²) in [6.07, 6.45) is 1.90. The minimum atomic E-state index is -1.18. The fraction of sp³-hybridized carbons (Fsp3) is 0.692. The third-order valence-corrected chi connectivity index (χ3v) is 2.72. The van der Waals surface area contributed by atoms with Crippen molar-refractivity contribution in [2.24, 2.45) is 0 Å². The number of carbonyl (C=O) groups excluding carboxylic acids is 4. The van der Waals surface area contributed by atoms with E-state index in [0.29, 0.717) is 11.5 Å². The lowest BCUT2D eigenvalue weighted by Gasteiger charge is -2.12. The Morgan fingerprint density at radius 2 is 1.67 bits per heavy atom. The number of unbranched alkanes of at least 4 members (excludes halogenated alkanes) is 2. The van der Waals surface area contributed by atoms with E-state index < -0.39 is 18.0 Å². The summed E-state index contributed by atoms with van der Waals surface area (Å²) in [5.41, 5.74) is 0. The van der Waals surface area contributed by atoms with Crippen molar-refractivity contribution in [2.45, 2.75) is 45.4 Å². The van der Waals surface area contributed by atoms with E-state index in [9.17, 15) is 19.2 Å². The van der Waals surface area contributed by atoms with Crippen LogP contribution in [0.3, 0.4) is 0 Å². The van der Waals surface area contributed by atoms with E-state index in [1.54, 1.807) is 0 Å². The van der Waals surface area contributed by atoms with Gasteiger partial charge in [-0.2, -0.15) is 0 Å². The van der Waals surface area contributed by atoms with E-state index in [1.165, 1.54) is 0 Å². The van der Waals surface area contributed by atoms with E-state index >= 15 is 0 Å². The summed E-state index contributed by atoms with van der Waals surface area (Å²) in [5.74, 6) is -1.52. The minimum Gasteiger partial charge on any atom is -0.462 e. The molecule has 1 aliphatic heterocycles. The minimum absolute atomic E-state index is 0.0154. The standard InChI is InChI=1S/C13H19NO7/c1-2-3-4-5-12(17)19-8-9-20-13(18)21-14-10(15)6-7-11(14)16/h2-9H2,1H3. The van der Waals surface area contributed by atoms with Crippen LogP contribution in [0.25, 0.3) is 0 Å². The Morgan fingerprint density at radius 3 is 2.29 bits per heavy atom. The molecule has 0 unspecified atom stereocenters. The van der Waals surface area contributed by atoms with Gasteiger partial charge in [0, 0.05) is 19.3 Å². The summed E-state index contributed by atoms with van der Waals surface area (Å²) < 4.78 is 9.42. The maximum atomic E-state index is 11.2. The zero-order chi connectivity index (χ0) is 15.7. The molecule has 8 nitrogen and oxygen atoms in total. The molecule has 0 N–H and O–H groups in total. The quantitative estimate of drug-likeness (QED) is 0.379. The Labute approximate surface area is 122 Å². The Morgan fingerprint density at radius 1 is 1.05 bits per heavy atom. The first kappa shape index (κ1) is 16.9. The average Bonchev–Trinajstić information content (AvgIpc) is 2.76. The van der Waals surface area contributed by atoms with Crippen LogP contribution in [0.5, 0.6) is 0 Å². The Hall–Kier alpha value is -2.12. The molecule has 0 aromatic carbocycles. The molecule has 0 saturated carbocycles. The summed E-state index contributed by atoms with van der Waals surface area (Å²) in [6.45, 7) is 1.73. The molecule has 0 aromatic rings. The molecule has 0 bridgehead atoms. The number of hydrogen-bond donors (Lipinski definition) is 0. The second kappa shape index (κ2) is 8.93. The molecule has 1 rings (SSSR count). The number of amides is 2. The highest BCUT2D eigenvalue weighted by molar-refractivity contribution is 6.01. The van der Waals surface area contributed by atoms with E-state index in [0.717, 1.165) is 19.3 Å². The van der Waals surface area contributed by atoms with Gasteiger partial charge in [0.05, 0.1) is 0 Å². The first-order chi connectivity index (χ1) is 10.0. The summed E-state index contributed by atoms with van der Waals surface area (Å²) in [5, 5.41) is 0.388. The molecule has 1 aliphatic rings. The Kier molecular flexibility index (Phi) is 7.20.